The minimum Gasteiger partial charge on any atom is -0.353 e. The van der Waals surface area contributed by atoms with Gasteiger partial charge < -0.3 is 10.2 Å². The van der Waals surface area contributed by atoms with E-state index in [0.717, 1.165) is 37.9 Å². The molecule has 7 heteroatoms. The molecule has 150 valence electrons. The lowest BCUT2D eigenvalue weighted by molar-refractivity contribution is -0.138. The summed E-state index contributed by atoms with van der Waals surface area (Å²) < 4.78 is 0. The number of aryl methyl sites for hydroxylation is 1. The van der Waals surface area contributed by atoms with E-state index in [4.69, 9.17) is 0 Å². The smallest absolute Gasteiger partial charge is 0.237 e. The Kier molecular flexibility index (Phi) is 7.19. The van der Waals surface area contributed by atoms with Gasteiger partial charge in [0, 0.05) is 32.9 Å². The predicted octanol–water partition coefficient (Wildman–Crippen LogP) is 1.23. The van der Waals surface area contributed by atoms with Crippen molar-refractivity contribution in [2.24, 2.45) is 0 Å². The van der Waals surface area contributed by atoms with Crippen molar-refractivity contribution in [3.63, 3.8) is 0 Å². The summed E-state index contributed by atoms with van der Waals surface area (Å²) in [5.74, 6) is -0.0406. The molecule has 1 saturated heterocycles. The number of carbonyl (C=O) groups is 2. The van der Waals surface area contributed by atoms with Crippen molar-refractivity contribution in [2.45, 2.75) is 31.7 Å². The number of rotatable bonds is 9. The lowest BCUT2D eigenvalue weighted by Gasteiger charge is -2.35. The molecule has 1 aromatic carbocycles. The fraction of sp³-hybridized carbons (Fsp3) is 0.476. The molecule has 1 fully saturated rings. The number of amides is 2. The van der Waals surface area contributed by atoms with Gasteiger partial charge in [0.15, 0.2) is 0 Å². The molecule has 0 spiro atoms. The van der Waals surface area contributed by atoms with Gasteiger partial charge in [-0.05, 0) is 36.9 Å². The maximum atomic E-state index is 12.7. The summed E-state index contributed by atoms with van der Waals surface area (Å²) in [7, 11) is 1.79. The Bertz CT molecular complexity index is 747. The Morgan fingerprint density at radius 2 is 2.07 bits per heavy atom. The van der Waals surface area contributed by atoms with Crippen molar-refractivity contribution in [3.8, 4) is 0 Å². The monoisotopic (exact) mass is 383 g/mol. The Labute approximate surface area is 166 Å². The van der Waals surface area contributed by atoms with Crippen molar-refractivity contribution in [3.05, 3.63) is 53.9 Å². The van der Waals surface area contributed by atoms with E-state index >= 15 is 0 Å². The summed E-state index contributed by atoms with van der Waals surface area (Å²) in [6.45, 7) is 2.86. The molecule has 2 N–H and O–H groups in total. The minimum absolute atomic E-state index is 0.00129. The van der Waals surface area contributed by atoms with Crippen LogP contribution in [0.2, 0.25) is 0 Å². The maximum absolute atomic E-state index is 12.7. The molecule has 0 aliphatic carbocycles. The van der Waals surface area contributed by atoms with Gasteiger partial charge in [-0.25, -0.2) is 0 Å². The molecule has 1 aliphatic rings. The van der Waals surface area contributed by atoms with Gasteiger partial charge in [0.25, 0.3) is 0 Å². The number of hydrogen-bond donors (Lipinski definition) is 2. The van der Waals surface area contributed by atoms with Crippen LogP contribution in [-0.2, 0) is 22.4 Å². The summed E-state index contributed by atoms with van der Waals surface area (Å²) in [5.41, 5.74) is 2.37. The molecular formula is C21H29N5O2. The van der Waals surface area contributed by atoms with Gasteiger partial charge in [-0.3, -0.25) is 19.6 Å². The van der Waals surface area contributed by atoms with Crippen LogP contribution in [0.15, 0.2) is 42.7 Å². The molecule has 1 atom stereocenters. The van der Waals surface area contributed by atoms with Gasteiger partial charge in [-0.1, -0.05) is 30.3 Å². The Morgan fingerprint density at radius 1 is 1.25 bits per heavy atom. The lowest BCUT2D eigenvalue weighted by Crippen LogP contribution is -2.56. The summed E-state index contributed by atoms with van der Waals surface area (Å²) >= 11 is 0. The predicted molar refractivity (Wildman–Crippen MR) is 108 cm³/mol. The van der Waals surface area contributed by atoms with E-state index in [2.05, 4.69) is 32.5 Å². The quantitative estimate of drug-likeness (QED) is 0.683. The molecule has 7 nitrogen and oxygen atoms in total. The molecule has 3 rings (SSSR count). The standard InChI is InChI=1S/C21H29N5O2/c1-25(12-9-18-15-23-24-16-18)20(27)14-19-21(28)22-10-13-26(19)11-5-8-17-6-3-2-4-7-17/h2-4,6-7,15-16,19H,5,8-14H2,1H3,(H,22,28)(H,23,24). The van der Waals surface area contributed by atoms with Crippen LogP contribution in [0, 0.1) is 0 Å². The number of H-pyrrole nitrogens is 1. The van der Waals surface area contributed by atoms with Crippen molar-refractivity contribution < 1.29 is 9.59 Å². The topological polar surface area (TPSA) is 81.3 Å². The average Bonchev–Trinajstić information content (AvgIpc) is 3.23. The summed E-state index contributed by atoms with van der Waals surface area (Å²) in [6.07, 6.45) is 6.51. The van der Waals surface area contributed by atoms with Gasteiger partial charge in [0.1, 0.15) is 0 Å². The zero-order chi connectivity index (χ0) is 19.8. The van der Waals surface area contributed by atoms with E-state index in [0.29, 0.717) is 13.1 Å². The van der Waals surface area contributed by atoms with Crippen LogP contribution < -0.4 is 5.32 Å². The normalized spacial score (nSPS) is 17.3. The van der Waals surface area contributed by atoms with Crippen LogP contribution in [0.25, 0.3) is 0 Å². The number of aromatic nitrogens is 2. The summed E-state index contributed by atoms with van der Waals surface area (Å²) in [5, 5.41) is 9.60. The highest BCUT2D eigenvalue weighted by atomic mass is 16.2. The molecular weight excluding hydrogens is 354 g/mol. The fourth-order valence-electron chi connectivity index (χ4n) is 3.54. The molecule has 0 saturated carbocycles. The van der Waals surface area contributed by atoms with Crippen LogP contribution in [0.4, 0.5) is 0 Å². The second-order valence-electron chi connectivity index (χ2n) is 7.31. The second kappa shape index (κ2) is 10.0. The molecule has 1 unspecified atom stereocenters. The summed E-state index contributed by atoms with van der Waals surface area (Å²) in [4.78, 5) is 28.9. The highest BCUT2D eigenvalue weighted by Gasteiger charge is 2.31. The van der Waals surface area contributed by atoms with Gasteiger partial charge >= 0.3 is 0 Å². The van der Waals surface area contributed by atoms with Crippen LogP contribution in [0.5, 0.6) is 0 Å². The Morgan fingerprint density at radius 3 is 2.82 bits per heavy atom. The first-order valence-corrected chi connectivity index (χ1v) is 9.91. The third-order valence-corrected chi connectivity index (χ3v) is 5.28. The molecule has 0 bridgehead atoms. The van der Waals surface area contributed by atoms with Crippen molar-refractivity contribution in [2.75, 3.05) is 33.2 Å². The zero-order valence-electron chi connectivity index (χ0n) is 16.4. The minimum atomic E-state index is -0.381. The van der Waals surface area contributed by atoms with Gasteiger partial charge in [-0.15, -0.1) is 0 Å². The highest BCUT2D eigenvalue weighted by molar-refractivity contribution is 5.88. The zero-order valence-corrected chi connectivity index (χ0v) is 16.4. The van der Waals surface area contributed by atoms with Crippen LogP contribution in [0.3, 0.4) is 0 Å². The number of piperazine rings is 1. The number of likely N-dealkylation sites (N-methyl/N-ethyl adjacent to an activating group) is 1. The largest absolute Gasteiger partial charge is 0.353 e. The van der Waals surface area contributed by atoms with Crippen molar-refractivity contribution >= 4 is 11.8 Å². The van der Waals surface area contributed by atoms with E-state index in [1.165, 1.54) is 5.56 Å². The van der Waals surface area contributed by atoms with E-state index < -0.39 is 0 Å². The van der Waals surface area contributed by atoms with Crippen molar-refractivity contribution in [1.82, 2.24) is 25.3 Å². The average molecular weight is 383 g/mol. The van der Waals surface area contributed by atoms with E-state index in [1.807, 2.05) is 24.4 Å². The Hall–Kier alpha value is -2.67. The number of aromatic amines is 1. The third kappa shape index (κ3) is 5.66. The lowest BCUT2D eigenvalue weighted by atomic mass is 10.1. The molecule has 28 heavy (non-hydrogen) atoms. The van der Waals surface area contributed by atoms with Crippen LogP contribution in [-0.4, -0.2) is 71.1 Å². The molecule has 1 aliphatic heterocycles. The van der Waals surface area contributed by atoms with Gasteiger partial charge in [0.2, 0.25) is 11.8 Å². The number of nitrogens with one attached hydrogen (secondary N) is 2. The first kappa shape index (κ1) is 20.1. The molecule has 1 aromatic heterocycles. The molecule has 2 amide bonds. The number of hydrogen-bond acceptors (Lipinski definition) is 4. The highest BCUT2D eigenvalue weighted by Crippen LogP contribution is 2.13. The molecule has 0 radical (unpaired) electrons. The third-order valence-electron chi connectivity index (χ3n) is 5.28. The maximum Gasteiger partial charge on any atom is 0.237 e. The number of nitrogens with zero attached hydrogens (tertiary/aromatic N) is 3. The SMILES string of the molecule is CN(CCc1cn[nH]c1)C(=O)CC1C(=O)NCCN1CCCc1ccccc1. The molecule has 2 aromatic rings. The Balaban J connectivity index is 1.49. The van der Waals surface area contributed by atoms with Crippen LogP contribution >= 0.6 is 0 Å². The first-order valence-electron chi connectivity index (χ1n) is 9.91. The van der Waals surface area contributed by atoms with E-state index in [1.54, 1.807) is 18.1 Å². The van der Waals surface area contributed by atoms with E-state index in [9.17, 15) is 9.59 Å². The number of carbonyl (C=O) groups excluding carboxylic acids is 2. The van der Waals surface area contributed by atoms with E-state index in [-0.39, 0.29) is 24.3 Å². The molecule has 2 heterocycles. The van der Waals surface area contributed by atoms with Gasteiger partial charge in [0.05, 0.1) is 18.7 Å². The van der Waals surface area contributed by atoms with Crippen LogP contribution in [0.1, 0.15) is 24.0 Å². The van der Waals surface area contributed by atoms with Crippen molar-refractivity contribution in [1.29, 1.82) is 0 Å². The van der Waals surface area contributed by atoms with Gasteiger partial charge in [-0.2, -0.15) is 5.10 Å². The first-order chi connectivity index (χ1) is 13.6. The fourth-order valence-corrected chi connectivity index (χ4v) is 3.54. The second-order valence-corrected chi connectivity index (χ2v) is 7.31. The summed E-state index contributed by atoms with van der Waals surface area (Å²) in [6, 6.07) is 9.98. The number of benzene rings is 1.